The molecule has 1 amide bonds. The number of thiazole rings is 1. The van der Waals surface area contributed by atoms with Gasteiger partial charge in [0.1, 0.15) is 10.7 Å². The number of carbonyl (C=O) groups excluding carboxylic acids is 1. The normalized spacial score (nSPS) is 12.2. The van der Waals surface area contributed by atoms with Crippen LogP contribution in [0.15, 0.2) is 54.6 Å². The fourth-order valence-electron chi connectivity index (χ4n) is 3.17. The number of para-hydroxylation sites is 2. The molecule has 2 heterocycles. The zero-order valence-corrected chi connectivity index (χ0v) is 16.0. The van der Waals surface area contributed by atoms with Crippen molar-refractivity contribution in [1.29, 1.82) is 0 Å². The number of benzene rings is 2. The molecule has 2 aromatic heterocycles. The molecule has 136 valence electrons. The molecular weight excluding hydrogens is 356 g/mol. The van der Waals surface area contributed by atoms with Crippen LogP contribution in [0.25, 0.3) is 11.0 Å². The molecule has 4 rings (SSSR count). The van der Waals surface area contributed by atoms with Gasteiger partial charge in [-0.3, -0.25) is 4.79 Å². The minimum Gasteiger partial charge on any atom is -0.341 e. The van der Waals surface area contributed by atoms with E-state index in [0.29, 0.717) is 11.3 Å². The smallest absolute Gasteiger partial charge is 0.263 e. The van der Waals surface area contributed by atoms with E-state index >= 15 is 0 Å². The van der Waals surface area contributed by atoms with Crippen LogP contribution in [-0.2, 0) is 6.42 Å². The minimum absolute atomic E-state index is 0.112. The monoisotopic (exact) mass is 376 g/mol. The molecule has 0 radical (unpaired) electrons. The Labute approximate surface area is 161 Å². The summed E-state index contributed by atoms with van der Waals surface area (Å²) in [6.07, 6.45) is 0.656. The largest absolute Gasteiger partial charge is 0.341 e. The van der Waals surface area contributed by atoms with Crippen LogP contribution in [0.1, 0.15) is 37.8 Å². The van der Waals surface area contributed by atoms with Gasteiger partial charge >= 0.3 is 0 Å². The molecular formula is C21H20N4OS. The van der Waals surface area contributed by atoms with Crippen molar-refractivity contribution < 1.29 is 4.79 Å². The Morgan fingerprint density at radius 3 is 2.52 bits per heavy atom. The number of nitrogens with one attached hydrogen (secondary N) is 2. The molecule has 0 unspecified atom stereocenters. The van der Waals surface area contributed by atoms with Gasteiger partial charge in [0, 0.05) is 0 Å². The van der Waals surface area contributed by atoms with Crippen LogP contribution in [0.4, 0.5) is 0 Å². The number of rotatable bonds is 5. The zero-order chi connectivity index (χ0) is 18.8. The zero-order valence-electron chi connectivity index (χ0n) is 15.2. The van der Waals surface area contributed by atoms with E-state index in [0.717, 1.165) is 33.1 Å². The average molecular weight is 376 g/mol. The SMILES string of the molecule is Cc1nc(C)c(C(=O)N[C@@H](Cc2ccccc2)c2nc3ccccc3[nH]2)s1. The van der Waals surface area contributed by atoms with Crippen molar-refractivity contribution in [2.45, 2.75) is 26.3 Å². The third-order valence-corrected chi connectivity index (χ3v) is 5.51. The lowest BCUT2D eigenvalue weighted by Gasteiger charge is -2.16. The predicted molar refractivity (Wildman–Crippen MR) is 108 cm³/mol. The van der Waals surface area contributed by atoms with Crippen LogP contribution in [-0.4, -0.2) is 20.9 Å². The molecule has 0 saturated heterocycles. The number of amides is 1. The van der Waals surface area contributed by atoms with E-state index in [1.807, 2.05) is 56.3 Å². The molecule has 6 heteroatoms. The first-order valence-electron chi connectivity index (χ1n) is 8.83. The van der Waals surface area contributed by atoms with Crippen molar-refractivity contribution in [3.05, 3.63) is 81.6 Å². The van der Waals surface area contributed by atoms with Crippen molar-refractivity contribution in [2.24, 2.45) is 0 Å². The molecule has 4 aromatic rings. The maximum Gasteiger partial charge on any atom is 0.263 e. The Morgan fingerprint density at radius 2 is 1.81 bits per heavy atom. The standard InChI is InChI=1S/C21H20N4OS/c1-13-19(27-14(2)22-13)21(26)25-18(12-15-8-4-3-5-9-15)20-23-16-10-6-7-11-17(16)24-20/h3-11,18H,12H2,1-2H3,(H,23,24)(H,25,26)/t18-/m0/s1. The fraction of sp³-hybridized carbons (Fsp3) is 0.190. The number of imidazole rings is 1. The summed E-state index contributed by atoms with van der Waals surface area (Å²) in [5, 5.41) is 4.04. The Morgan fingerprint density at radius 1 is 1.07 bits per heavy atom. The molecule has 0 aliphatic rings. The second-order valence-corrected chi connectivity index (χ2v) is 7.71. The van der Waals surface area contributed by atoms with Crippen molar-refractivity contribution in [3.8, 4) is 0 Å². The molecule has 0 spiro atoms. The van der Waals surface area contributed by atoms with E-state index < -0.39 is 0 Å². The molecule has 27 heavy (non-hydrogen) atoms. The van der Waals surface area contributed by atoms with Crippen molar-refractivity contribution >= 4 is 28.3 Å². The number of carbonyl (C=O) groups is 1. The summed E-state index contributed by atoms with van der Waals surface area (Å²) in [6.45, 7) is 3.78. The maximum absolute atomic E-state index is 12.9. The molecule has 0 bridgehead atoms. The lowest BCUT2D eigenvalue weighted by molar-refractivity contribution is 0.0938. The topological polar surface area (TPSA) is 70.7 Å². The molecule has 1 atom stereocenters. The van der Waals surface area contributed by atoms with Gasteiger partial charge in [-0.25, -0.2) is 9.97 Å². The van der Waals surface area contributed by atoms with Crippen LogP contribution in [0.2, 0.25) is 0 Å². The van der Waals surface area contributed by atoms with Gasteiger partial charge in [-0.2, -0.15) is 0 Å². The van der Waals surface area contributed by atoms with Gasteiger partial charge < -0.3 is 10.3 Å². The fourth-order valence-corrected chi connectivity index (χ4v) is 3.99. The van der Waals surface area contributed by atoms with Gasteiger partial charge in [-0.15, -0.1) is 11.3 Å². The summed E-state index contributed by atoms with van der Waals surface area (Å²) in [6, 6.07) is 17.7. The second-order valence-electron chi connectivity index (χ2n) is 6.50. The maximum atomic E-state index is 12.9. The van der Waals surface area contributed by atoms with E-state index in [4.69, 9.17) is 4.98 Å². The number of aromatic amines is 1. The molecule has 0 saturated carbocycles. The highest BCUT2D eigenvalue weighted by molar-refractivity contribution is 7.13. The molecule has 0 aliphatic carbocycles. The number of aromatic nitrogens is 3. The van der Waals surface area contributed by atoms with Crippen LogP contribution in [0.5, 0.6) is 0 Å². The number of nitrogens with zero attached hydrogens (tertiary/aromatic N) is 2. The summed E-state index contributed by atoms with van der Waals surface area (Å²) < 4.78 is 0. The highest BCUT2D eigenvalue weighted by atomic mass is 32.1. The molecule has 5 nitrogen and oxygen atoms in total. The van der Waals surface area contributed by atoms with E-state index in [2.05, 4.69) is 27.4 Å². The third-order valence-electron chi connectivity index (χ3n) is 4.44. The lowest BCUT2D eigenvalue weighted by atomic mass is 10.1. The first-order valence-corrected chi connectivity index (χ1v) is 9.65. The summed E-state index contributed by atoms with van der Waals surface area (Å²) in [4.78, 5) is 26.0. The Bertz CT molecular complexity index is 1050. The minimum atomic E-state index is -0.255. The Kier molecular flexibility index (Phi) is 4.73. The number of H-pyrrole nitrogens is 1. The summed E-state index contributed by atoms with van der Waals surface area (Å²) in [7, 11) is 0. The van der Waals surface area contributed by atoms with Crippen LogP contribution in [0, 0.1) is 13.8 Å². The van der Waals surface area contributed by atoms with Gasteiger partial charge in [0.2, 0.25) is 0 Å². The predicted octanol–water partition coefficient (Wildman–Crippen LogP) is 4.35. The van der Waals surface area contributed by atoms with Gasteiger partial charge in [0.25, 0.3) is 5.91 Å². The van der Waals surface area contributed by atoms with Gasteiger partial charge in [-0.1, -0.05) is 42.5 Å². The van der Waals surface area contributed by atoms with E-state index in [9.17, 15) is 4.79 Å². The summed E-state index contributed by atoms with van der Waals surface area (Å²) in [5.74, 6) is 0.645. The lowest BCUT2D eigenvalue weighted by Crippen LogP contribution is -2.30. The molecule has 2 aromatic carbocycles. The average Bonchev–Trinajstić information content (AvgIpc) is 3.24. The summed E-state index contributed by atoms with van der Waals surface area (Å²) >= 11 is 1.42. The highest BCUT2D eigenvalue weighted by Crippen LogP contribution is 2.22. The van der Waals surface area contributed by atoms with E-state index in [-0.39, 0.29) is 11.9 Å². The number of fused-ring (bicyclic) bond motifs is 1. The number of hydrogen-bond acceptors (Lipinski definition) is 4. The molecule has 2 N–H and O–H groups in total. The quantitative estimate of drug-likeness (QED) is 0.544. The van der Waals surface area contributed by atoms with Gasteiger partial charge in [-0.05, 0) is 38.0 Å². The van der Waals surface area contributed by atoms with Crippen molar-refractivity contribution in [3.63, 3.8) is 0 Å². The van der Waals surface area contributed by atoms with Crippen LogP contribution in [0.3, 0.4) is 0 Å². The molecule has 0 fully saturated rings. The van der Waals surface area contributed by atoms with Crippen molar-refractivity contribution in [1.82, 2.24) is 20.3 Å². The Hall–Kier alpha value is -2.99. The highest BCUT2D eigenvalue weighted by Gasteiger charge is 2.22. The van der Waals surface area contributed by atoms with Crippen LogP contribution >= 0.6 is 11.3 Å². The van der Waals surface area contributed by atoms with Gasteiger partial charge in [0.15, 0.2) is 0 Å². The number of aryl methyl sites for hydroxylation is 2. The third kappa shape index (κ3) is 3.75. The Balaban J connectivity index is 1.67. The number of hydrogen-bond donors (Lipinski definition) is 2. The first kappa shape index (κ1) is 17.4. The summed E-state index contributed by atoms with van der Waals surface area (Å²) in [5.41, 5.74) is 3.76. The molecule has 0 aliphatic heterocycles. The second kappa shape index (κ2) is 7.32. The van der Waals surface area contributed by atoms with Gasteiger partial charge in [0.05, 0.1) is 27.8 Å². The van der Waals surface area contributed by atoms with Crippen molar-refractivity contribution in [2.75, 3.05) is 0 Å². The van der Waals surface area contributed by atoms with E-state index in [1.54, 1.807) is 0 Å². The van der Waals surface area contributed by atoms with E-state index in [1.165, 1.54) is 11.3 Å². The van der Waals surface area contributed by atoms with Crippen LogP contribution < -0.4 is 5.32 Å². The first-order chi connectivity index (χ1) is 13.1.